The van der Waals surface area contributed by atoms with E-state index < -0.39 is 17.8 Å². The Morgan fingerprint density at radius 2 is 1.96 bits per heavy atom. The van der Waals surface area contributed by atoms with Gasteiger partial charge in [0.05, 0.1) is 6.54 Å². The Morgan fingerprint density at radius 1 is 1.20 bits per heavy atom. The molecule has 0 radical (unpaired) electrons. The molecule has 7 heteroatoms. The van der Waals surface area contributed by atoms with Gasteiger partial charge in [0.2, 0.25) is 0 Å². The summed E-state index contributed by atoms with van der Waals surface area (Å²) < 4.78 is 11.2. The molecule has 0 amide bonds. The van der Waals surface area contributed by atoms with Crippen molar-refractivity contribution in [1.82, 2.24) is 5.32 Å². The van der Waals surface area contributed by atoms with Crippen LogP contribution in [0.4, 0.5) is 5.69 Å². The zero-order valence-electron chi connectivity index (χ0n) is 13.7. The molecule has 1 saturated heterocycles. The van der Waals surface area contributed by atoms with Crippen LogP contribution in [-0.4, -0.2) is 43.3 Å². The Hall–Kier alpha value is -2.57. The summed E-state index contributed by atoms with van der Waals surface area (Å²) in [6.07, 6.45) is 2.88. The number of hydrogen-bond donors (Lipinski definition) is 1. The van der Waals surface area contributed by atoms with Crippen LogP contribution >= 0.6 is 0 Å². The molecule has 1 spiro atoms. The van der Waals surface area contributed by atoms with E-state index in [0.717, 1.165) is 36.5 Å². The second-order valence-electron chi connectivity index (χ2n) is 7.04. The van der Waals surface area contributed by atoms with E-state index in [9.17, 15) is 9.59 Å². The first-order chi connectivity index (χ1) is 12.2. The first-order valence-electron chi connectivity index (χ1n) is 8.77. The summed E-state index contributed by atoms with van der Waals surface area (Å²) >= 11 is 0. The van der Waals surface area contributed by atoms with Crippen molar-refractivity contribution < 1.29 is 19.1 Å². The third-order valence-electron chi connectivity index (χ3n) is 5.34. The standard InChI is InChI=1S/C18H19N3O4/c22-16-17(23)25-18(24-16)13(15-19-7-8-20-15)9-12-3-1-2-4-14(12)21(18)10-11-5-6-11/h1-4,11,13H,5-10H2,(H,19,20). The molecular formula is C18H19N3O4. The Labute approximate surface area is 145 Å². The van der Waals surface area contributed by atoms with E-state index >= 15 is 0 Å². The van der Waals surface area contributed by atoms with Crippen molar-refractivity contribution in [3.63, 3.8) is 0 Å². The minimum Gasteiger partial charge on any atom is -0.394 e. The predicted molar refractivity (Wildman–Crippen MR) is 88.9 cm³/mol. The van der Waals surface area contributed by atoms with E-state index in [4.69, 9.17) is 9.47 Å². The predicted octanol–water partition coefficient (Wildman–Crippen LogP) is 0.831. The van der Waals surface area contributed by atoms with Crippen LogP contribution < -0.4 is 10.2 Å². The largest absolute Gasteiger partial charge is 0.422 e. The summed E-state index contributed by atoms with van der Waals surface area (Å²) in [5.41, 5.74) is 2.11. The van der Waals surface area contributed by atoms with Gasteiger partial charge in [0, 0.05) is 18.8 Å². The van der Waals surface area contributed by atoms with Gasteiger partial charge >= 0.3 is 17.8 Å². The molecule has 25 heavy (non-hydrogen) atoms. The number of esters is 2. The number of carbonyl (C=O) groups is 2. The van der Waals surface area contributed by atoms with Crippen molar-refractivity contribution in [3.8, 4) is 0 Å². The molecular weight excluding hydrogens is 322 g/mol. The van der Waals surface area contributed by atoms with Gasteiger partial charge in [-0.3, -0.25) is 9.89 Å². The number of rotatable bonds is 3. The van der Waals surface area contributed by atoms with E-state index in [1.165, 1.54) is 0 Å². The van der Waals surface area contributed by atoms with E-state index in [2.05, 4.69) is 16.4 Å². The van der Waals surface area contributed by atoms with E-state index in [0.29, 0.717) is 25.4 Å². The maximum atomic E-state index is 12.0. The SMILES string of the molecule is O=C1OC2(OC1=O)C(C1=NCCN1)Cc1ccccc1N2CC1CC1. The molecule has 7 nitrogen and oxygen atoms in total. The molecule has 1 aromatic rings. The van der Waals surface area contributed by atoms with Crippen LogP contribution in [0.5, 0.6) is 0 Å². The second kappa shape index (κ2) is 5.21. The summed E-state index contributed by atoms with van der Waals surface area (Å²) in [6, 6.07) is 8.03. The number of fused-ring (bicyclic) bond motifs is 1. The molecule has 1 atom stereocenters. The number of nitrogens with zero attached hydrogens (tertiary/aromatic N) is 2. The lowest BCUT2D eigenvalue weighted by atomic mass is 9.87. The lowest BCUT2D eigenvalue weighted by Crippen LogP contribution is -2.62. The third kappa shape index (κ3) is 2.22. The zero-order valence-corrected chi connectivity index (χ0v) is 13.7. The highest BCUT2D eigenvalue weighted by Crippen LogP contribution is 2.47. The first-order valence-corrected chi connectivity index (χ1v) is 8.77. The van der Waals surface area contributed by atoms with Crippen molar-refractivity contribution in [2.45, 2.75) is 25.2 Å². The van der Waals surface area contributed by atoms with Crippen LogP contribution in [0.2, 0.25) is 0 Å². The van der Waals surface area contributed by atoms with Crippen LogP contribution in [0.3, 0.4) is 0 Å². The lowest BCUT2D eigenvalue weighted by Gasteiger charge is -2.47. The van der Waals surface area contributed by atoms with Gasteiger partial charge in [-0.15, -0.1) is 0 Å². The molecule has 4 aliphatic rings. The number of amidine groups is 1. The van der Waals surface area contributed by atoms with Crippen LogP contribution in [0.1, 0.15) is 18.4 Å². The van der Waals surface area contributed by atoms with Crippen LogP contribution in [0.15, 0.2) is 29.3 Å². The van der Waals surface area contributed by atoms with Crippen LogP contribution in [0.25, 0.3) is 0 Å². The molecule has 2 fully saturated rings. The molecule has 1 unspecified atom stereocenters. The topological polar surface area (TPSA) is 80.2 Å². The number of benzene rings is 1. The Kier molecular flexibility index (Phi) is 3.07. The number of hydrogen-bond acceptors (Lipinski definition) is 7. The van der Waals surface area contributed by atoms with Gasteiger partial charge in [-0.25, -0.2) is 9.59 Å². The summed E-state index contributed by atoms with van der Waals surface area (Å²) in [6.45, 7) is 2.11. The van der Waals surface area contributed by atoms with Gasteiger partial charge in [-0.1, -0.05) is 18.2 Å². The number of nitrogens with one attached hydrogen (secondary N) is 1. The highest BCUT2D eigenvalue weighted by atomic mass is 16.8. The molecule has 1 saturated carbocycles. The number of carbonyl (C=O) groups excluding carboxylic acids is 2. The fourth-order valence-corrected chi connectivity index (χ4v) is 3.98. The van der Waals surface area contributed by atoms with Gasteiger partial charge in [0.25, 0.3) is 0 Å². The summed E-state index contributed by atoms with van der Waals surface area (Å²) in [5, 5.41) is 3.27. The van der Waals surface area contributed by atoms with Crippen molar-refractivity contribution in [3.05, 3.63) is 29.8 Å². The summed E-state index contributed by atoms with van der Waals surface area (Å²) in [7, 11) is 0. The first kappa shape index (κ1) is 14.7. The molecule has 3 heterocycles. The Bertz CT molecular complexity index is 770. The maximum absolute atomic E-state index is 12.0. The molecule has 3 aliphatic heterocycles. The van der Waals surface area contributed by atoms with E-state index in [-0.39, 0.29) is 5.92 Å². The fraction of sp³-hybridized carbons (Fsp3) is 0.500. The Balaban J connectivity index is 1.65. The number of aliphatic imine (C=N–C) groups is 1. The zero-order chi connectivity index (χ0) is 17.0. The minimum absolute atomic E-state index is 0.348. The monoisotopic (exact) mass is 341 g/mol. The number of para-hydroxylation sites is 1. The molecule has 1 aliphatic carbocycles. The van der Waals surface area contributed by atoms with Crippen molar-refractivity contribution in [2.24, 2.45) is 16.8 Å². The second-order valence-corrected chi connectivity index (χ2v) is 7.04. The Morgan fingerprint density at radius 3 is 2.64 bits per heavy atom. The highest BCUT2D eigenvalue weighted by Gasteiger charge is 2.63. The lowest BCUT2D eigenvalue weighted by molar-refractivity contribution is -0.194. The summed E-state index contributed by atoms with van der Waals surface area (Å²) in [4.78, 5) is 30.5. The van der Waals surface area contributed by atoms with Crippen LogP contribution in [0, 0.1) is 11.8 Å². The molecule has 1 N–H and O–H groups in total. The minimum atomic E-state index is -1.43. The molecule has 130 valence electrons. The highest BCUT2D eigenvalue weighted by molar-refractivity contribution is 6.31. The normalized spacial score (nSPS) is 26.8. The molecule has 0 bridgehead atoms. The summed E-state index contributed by atoms with van der Waals surface area (Å²) in [5.74, 6) is -2.36. The van der Waals surface area contributed by atoms with Gasteiger partial charge in [-0.05, 0) is 36.8 Å². The average molecular weight is 341 g/mol. The third-order valence-corrected chi connectivity index (χ3v) is 5.34. The van der Waals surface area contributed by atoms with Crippen molar-refractivity contribution in [1.29, 1.82) is 0 Å². The van der Waals surface area contributed by atoms with Gasteiger partial charge in [-0.2, -0.15) is 0 Å². The van der Waals surface area contributed by atoms with E-state index in [1.54, 1.807) is 0 Å². The molecule has 5 rings (SSSR count). The number of ether oxygens (including phenoxy) is 2. The smallest absolute Gasteiger partial charge is 0.394 e. The van der Waals surface area contributed by atoms with E-state index in [1.807, 2.05) is 23.1 Å². The van der Waals surface area contributed by atoms with Crippen LogP contribution in [-0.2, 0) is 25.5 Å². The number of anilines is 1. The maximum Gasteiger partial charge on any atom is 0.422 e. The van der Waals surface area contributed by atoms with Gasteiger partial charge in [0.15, 0.2) is 0 Å². The van der Waals surface area contributed by atoms with Gasteiger partial charge < -0.3 is 14.8 Å². The fourth-order valence-electron chi connectivity index (χ4n) is 3.98. The molecule has 0 aromatic heterocycles. The van der Waals surface area contributed by atoms with Crippen molar-refractivity contribution >= 4 is 23.5 Å². The molecule has 1 aromatic carbocycles. The van der Waals surface area contributed by atoms with Gasteiger partial charge in [0.1, 0.15) is 11.8 Å². The van der Waals surface area contributed by atoms with Crippen molar-refractivity contribution in [2.75, 3.05) is 24.5 Å². The average Bonchev–Trinajstić information content (AvgIpc) is 3.17. The quantitative estimate of drug-likeness (QED) is 0.648.